The third kappa shape index (κ3) is 4.86. The second-order valence-corrected chi connectivity index (χ2v) is 5.92. The smallest absolute Gasteiger partial charge is 0.311 e. The third-order valence-corrected chi connectivity index (χ3v) is 4.60. The molecule has 1 unspecified atom stereocenters. The summed E-state index contributed by atoms with van der Waals surface area (Å²) in [5.41, 5.74) is 0.373. The molecule has 0 aliphatic heterocycles. The average molecular weight is 305 g/mol. The lowest BCUT2D eigenvalue weighted by Gasteiger charge is -2.27. The van der Waals surface area contributed by atoms with Crippen LogP contribution in [-0.4, -0.2) is 23.5 Å². The van der Waals surface area contributed by atoms with Crippen LogP contribution >= 0.6 is 0 Å². The quantitative estimate of drug-likeness (QED) is 0.733. The molecular formula is C18H27NO3. The first-order valence-corrected chi connectivity index (χ1v) is 8.00. The van der Waals surface area contributed by atoms with Crippen molar-refractivity contribution < 1.29 is 14.7 Å². The zero-order valence-corrected chi connectivity index (χ0v) is 13.8. The van der Waals surface area contributed by atoms with Crippen molar-refractivity contribution in [3.8, 4) is 0 Å². The predicted octanol–water partition coefficient (Wildman–Crippen LogP) is 3.58. The number of carbonyl (C=O) groups excluding carboxylic acids is 1. The molecule has 0 aromatic heterocycles. The van der Waals surface area contributed by atoms with E-state index in [-0.39, 0.29) is 12.5 Å². The predicted molar refractivity (Wildman–Crippen MR) is 87.8 cm³/mol. The summed E-state index contributed by atoms with van der Waals surface area (Å²) in [6.07, 6.45) is 2.20. The summed E-state index contributed by atoms with van der Waals surface area (Å²) in [6.45, 7) is 6.00. The largest absolute Gasteiger partial charge is 0.481 e. The third-order valence-electron chi connectivity index (χ3n) is 4.60. The Morgan fingerprint density at radius 2 is 1.77 bits per heavy atom. The Labute approximate surface area is 132 Å². The molecule has 0 aliphatic rings. The second-order valence-electron chi connectivity index (χ2n) is 5.92. The molecule has 4 nitrogen and oxygen atoms in total. The van der Waals surface area contributed by atoms with Crippen molar-refractivity contribution in [1.82, 2.24) is 5.32 Å². The Kier molecular flexibility index (Phi) is 7.09. The molecule has 0 spiro atoms. The van der Waals surface area contributed by atoms with Crippen LogP contribution in [0.2, 0.25) is 0 Å². The van der Waals surface area contributed by atoms with Gasteiger partial charge in [-0.05, 0) is 30.7 Å². The summed E-state index contributed by atoms with van der Waals surface area (Å²) in [5.74, 6) is -0.598. The maximum absolute atomic E-state index is 12.0. The molecule has 1 aromatic carbocycles. The van der Waals surface area contributed by atoms with E-state index in [4.69, 9.17) is 0 Å². The molecule has 122 valence electrons. The van der Waals surface area contributed by atoms with Gasteiger partial charge >= 0.3 is 5.97 Å². The Bertz CT molecular complexity index is 480. The van der Waals surface area contributed by atoms with Crippen molar-refractivity contribution in [2.45, 2.75) is 52.4 Å². The first kappa shape index (κ1) is 18.2. The second kappa shape index (κ2) is 8.57. The van der Waals surface area contributed by atoms with Crippen LogP contribution in [0.4, 0.5) is 0 Å². The van der Waals surface area contributed by atoms with Gasteiger partial charge in [0.2, 0.25) is 5.91 Å². The summed E-state index contributed by atoms with van der Waals surface area (Å²) >= 11 is 0. The van der Waals surface area contributed by atoms with Crippen molar-refractivity contribution in [3.05, 3.63) is 35.9 Å². The Morgan fingerprint density at radius 3 is 2.27 bits per heavy atom. The fourth-order valence-electron chi connectivity index (χ4n) is 2.53. The summed E-state index contributed by atoms with van der Waals surface area (Å²) < 4.78 is 0. The van der Waals surface area contributed by atoms with Crippen molar-refractivity contribution in [2.75, 3.05) is 6.54 Å². The van der Waals surface area contributed by atoms with Crippen molar-refractivity contribution in [2.24, 2.45) is 5.41 Å². The Morgan fingerprint density at radius 1 is 1.18 bits per heavy atom. The minimum absolute atomic E-state index is 0.0738. The number of carboxylic acid groups (broad SMARTS) is 1. The molecule has 0 saturated carbocycles. The molecule has 2 N–H and O–H groups in total. The van der Waals surface area contributed by atoms with E-state index in [1.807, 2.05) is 32.0 Å². The molecule has 1 rings (SSSR count). The lowest BCUT2D eigenvalue weighted by molar-refractivity contribution is -0.149. The maximum Gasteiger partial charge on any atom is 0.311 e. The zero-order chi connectivity index (χ0) is 16.6. The van der Waals surface area contributed by atoms with Gasteiger partial charge in [-0.2, -0.15) is 0 Å². The number of hydrogen-bond acceptors (Lipinski definition) is 2. The Hall–Kier alpha value is -1.84. The first-order chi connectivity index (χ1) is 10.4. The van der Waals surface area contributed by atoms with Crippen LogP contribution < -0.4 is 5.32 Å². The van der Waals surface area contributed by atoms with Crippen LogP contribution in [-0.2, 0) is 9.59 Å². The normalized spacial score (nSPS) is 12.7. The molecule has 22 heavy (non-hydrogen) atoms. The van der Waals surface area contributed by atoms with Gasteiger partial charge in [-0.25, -0.2) is 0 Å². The lowest BCUT2D eigenvalue weighted by atomic mass is 9.82. The van der Waals surface area contributed by atoms with Gasteiger partial charge in [0.1, 0.15) is 0 Å². The number of rotatable bonds is 9. The highest BCUT2D eigenvalue weighted by Gasteiger charge is 2.35. The van der Waals surface area contributed by atoms with Crippen molar-refractivity contribution in [3.63, 3.8) is 0 Å². The van der Waals surface area contributed by atoms with Crippen LogP contribution in [0.25, 0.3) is 0 Å². The topological polar surface area (TPSA) is 66.4 Å². The van der Waals surface area contributed by atoms with Crippen LogP contribution in [0, 0.1) is 5.41 Å². The van der Waals surface area contributed by atoms with E-state index < -0.39 is 11.4 Å². The van der Waals surface area contributed by atoms with Crippen LogP contribution in [0.3, 0.4) is 0 Å². The molecular weight excluding hydrogens is 278 g/mol. The molecule has 0 heterocycles. The summed E-state index contributed by atoms with van der Waals surface area (Å²) in [4.78, 5) is 23.4. The molecule has 0 aliphatic carbocycles. The monoisotopic (exact) mass is 305 g/mol. The number of carboxylic acids is 1. The SMILES string of the molecule is CCC(CC)(CNC(=O)CCC(C)c1ccccc1)C(=O)O. The maximum atomic E-state index is 12.0. The summed E-state index contributed by atoms with van der Waals surface area (Å²) in [6, 6.07) is 10.1. The molecule has 4 heteroatoms. The number of carbonyl (C=O) groups is 2. The highest BCUT2D eigenvalue weighted by Crippen LogP contribution is 2.26. The molecule has 0 radical (unpaired) electrons. The molecule has 1 aromatic rings. The zero-order valence-electron chi connectivity index (χ0n) is 13.8. The number of nitrogens with one attached hydrogen (secondary N) is 1. The van der Waals surface area contributed by atoms with E-state index in [1.54, 1.807) is 0 Å². The minimum Gasteiger partial charge on any atom is -0.481 e. The molecule has 0 saturated heterocycles. The standard InChI is InChI=1S/C18H27NO3/c1-4-18(5-2,17(21)22)13-19-16(20)12-11-14(3)15-9-7-6-8-10-15/h6-10,14H,4-5,11-13H2,1-3H3,(H,19,20)(H,21,22). The van der Waals surface area contributed by atoms with E-state index in [9.17, 15) is 14.7 Å². The van der Waals surface area contributed by atoms with Gasteiger partial charge in [0, 0.05) is 13.0 Å². The Balaban J connectivity index is 2.45. The van der Waals surface area contributed by atoms with E-state index >= 15 is 0 Å². The summed E-state index contributed by atoms with van der Waals surface area (Å²) in [7, 11) is 0. The van der Waals surface area contributed by atoms with Gasteiger partial charge in [0.25, 0.3) is 0 Å². The fraction of sp³-hybridized carbons (Fsp3) is 0.556. The lowest BCUT2D eigenvalue weighted by Crippen LogP contribution is -2.42. The van der Waals surface area contributed by atoms with Crippen LogP contribution in [0.1, 0.15) is 57.9 Å². The minimum atomic E-state index is -0.847. The van der Waals surface area contributed by atoms with Gasteiger partial charge < -0.3 is 10.4 Å². The van der Waals surface area contributed by atoms with Crippen LogP contribution in [0.5, 0.6) is 0 Å². The number of amides is 1. The molecule has 0 bridgehead atoms. The van der Waals surface area contributed by atoms with E-state index in [0.717, 1.165) is 6.42 Å². The van der Waals surface area contributed by atoms with Gasteiger partial charge in [0.05, 0.1) is 5.41 Å². The number of hydrogen-bond donors (Lipinski definition) is 2. The van der Waals surface area contributed by atoms with Gasteiger partial charge in [-0.1, -0.05) is 51.1 Å². The number of aliphatic carboxylic acids is 1. The van der Waals surface area contributed by atoms with Gasteiger partial charge in [0.15, 0.2) is 0 Å². The highest BCUT2D eigenvalue weighted by molar-refractivity contribution is 5.79. The highest BCUT2D eigenvalue weighted by atomic mass is 16.4. The fourth-order valence-corrected chi connectivity index (χ4v) is 2.53. The van der Waals surface area contributed by atoms with Crippen molar-refractivity contribution >= 4 is 11.9 Å². The van der Waals surface area contributed by atoms with Crippen molar-refractivity contribution in [1.29, 1.82) is 0 Å². The molecule has 1 atom stereocenters. The van der Waals surface area contributed by atoms with Crippen LogP contribution in [0.15, 0.2) is 30.3 Å². The number of benzene rings is 1. The first-order valence-electron chi connectivity index (χ1n) is 8.00. The summed E-state index contributed by atoms with van der Waals surface area (Å²) in [5, 5.41) is 12.1. The van der Waals surface area contributed by atoms with E-state index in [1.165, 1.54) is 5.56 Å². The van der Waals surface area contributed by atoms with E-state index in [2.05, 4.69) is 24.4 Å². The van der Waals surface area contributed by atoms with Gasteiger partial charge in [-0.3, -0.25) is 9.59 Å². The van der Waals surface area contributed by atoms with E-state index in [0.29, 0.717) is 25.2 Å². The molecule has 0 fully saturated rings. The molecule has 1 amide bonds. The van der Waals surface area contributed by atoms with Gasteiger partial charge in [-0.15, -0.1) is 0 Å². The average Bonchev–Trinajstić information content (AvgIpc) is 2.54.